The van der Waals surface area contributed by atoms with Gasteiger partial charge in [0.1, 0.15) is 15.9 Å². The Hall–Kier alpha value is -2.13. The average molecular weight is 416 g/mol. The van der Waals surface area contributed by atoms with Crippen LogP contribution in [0.4, 0.5) is 0 Å². The zero-order valence-corrected chi connectivity index (χ0v) is 16.4. The van der Waals surface area contributed by atoms with E-state index in [1.807, 2.05) is 0 Å². The number of benzene rings is 1. The minimum absolute atomic E-state index is 0.120. The van der Waals surface area contributed by atoms with Gasteiger partial charge in [-0.1, -0.05) is 23.7 Å². The van der Waals surface area contributed by atoms with Crippen molar-refractivity contribution in [1.82, 2.24) is 16.0 Å². The lowest BCUT2D eigenvalue weighted by Crippen LogP contribution is -2.49. The van der Waals surface area contributed by atoms with Gasteiger partial charge in [-0.05, 0) is 31.4 Å². The highest BCUT2D eigenvalue weighted by atomic mass is 35.5. The zero-order chi connectivity index (χ0) is 20.0. The van der Waals surface area contributed by atoms with Gasteiger partial charge in [0, 0.05) is 12.3 Å². The number of halogens is 1. The van der Waals surface area contributed by atoms with Crippen LogP contribution in [0.3, 0.4) is 0 Å². The summed E-state index contributed by atoms with van der Waals surface area (Å²) >= 11 is 5.98. The first-order valence-corrected chi connectivity index (χ1v) is 10.9. The molecule has 0 radical (unpaired) electrons. The van der Waals surface area contributed by atoms with Crippen molar-refractivity contribution in [2.75, 3.05) is 18.6 Å². The highest BCUT2D eigenvalue weighted by Gasteiger charge is 2.26. The van der Waals surface area contributed by atoms with Gasteiger partial charge in [0.15, 0.2) is 0 Å². The Bertz CT molecular complexity index is 824. The molecule has 3 N–H and O–H groups in total. The fourth-order valence-corrected chi connectivity index (χ4v) is 3.16. The van der Waals surface area contributed by atoms with Crippen LogP contribution in [0.5, 0.6) is 0 Å². The maximum Gasteiger partial charge on any atom is 0.253 e. The molecule has 0 aromatic heterocycles. The van der Waals surface area contributed by atoms with Gasteiger partial charge in [0.05, 0.1) is 22.9 Å². The molecule has 1 aliphatic carbocycles. The summed E-state index contributed by atoms with van der Waals surface area (Å²) in [6.07, 6.45) is 2.77. The molecule has 10 heteroatoms. The van der Waals surface area contributed by atoms with Crippen LogP contribution in [-0.4, -0.2) is 56.8 Å². The molecule has 1 aliphatic rings. The number of hydrogen-bond donors (Lipinski definition) is 3. The summed E-state index contributed by atoms with van der Waals surface area (Å²) in [6, 6.07) is 5.35. The molecule has 0 heterocycles. The van der Waals surface area contributed by atoms with Gasteiger partial charge in [0.2, 0.25) is 11.8 Å². The standard InChI is InChI=1S/C17H22ClN3O5S/c1-27(25,26)9-8-14(17(24)19-10-15(22)20-11-6-7-11)21-16(23)12-4-2-3-5-13(12)18/h2-5,11,14H,6-10H2,1H3,(H,19,24)(H,20,22)(H,21,23)/t14-/m1/s1. The molecule has 27 heavy (non-hydrogen) atoms. The zero-order valence-electron chi connectivity index (χ0n) is 14.8. The van der Waals surface area contributed by atoms with Crippen molar-refractivity contribution in [3.8, 4) is 0 Å². The molecule has 148 valence electrons. The number of carbonyl (C=O) groups is 3. The maximum absolute atomic E-state index is 12.4. The highest BCUT2D eigenvalue weighted by molar-refractivity contribution is 7.90. The lowest BCUT2D eigenvalue weighted by molar-refractivity contribution is -0.127. The predicted octanol–water partition coefficient (Wildman–Crippen LogP) is 0.268. The molecule has 1 saturated carbocycles. The summed E-state index contributed by atoms with van der Waals surface area (Å²) in [4.78, 5) is 36.5. The summed E-state index contributed by atoms with van der Waals surface area (Å²) in [7, 11) is -3.34. The van der Waals surface area contributed by atoms with E-state index < -0.39 is 27.7 Å². The van der Waals surface area contributed by atoms with E-state index in [4.69, 9.17) is 11.6 Å². The van der Waals surface area contributed by atoms with Crippen molar-refractivity contribution in [3.63, 3.8) is 0 Å². The number of sulfone groups is 1. The molecule has 2 rings (SSSR count). The Morgan fingerprint density at radius 3 is 2.48 bits per heavy atom. The van der Waals surface area contributed by atoms with Crippen LogP contribution in [0.1, 0.15) is 29.6 Å². The number of nitrogens with one attached hydrogen (secondary N) is 3. The molecule has 0 aliphatic heterocycles. The van der Waals surface area contributed by atoms with Crippen molar-refractivity contribution in [2.45, 2.75) is 31.3 Å². The Morgan fingerprint density at radius 2 is 1.89 bits per heavy atom. The quantitative estimate of drug-likeness (QED) is 0.534. The van der Waals surface area contributed by atoms with Crippen molar-refractivity contribution in [1.29, 1.82) is 0 Å². The largest absolute Gasteiger partial charge is 0.352 e. The van der Waals surface area contributed by atoms with Gasteiger partial charge in [-0.25, -0.2) is 8.42 Å². The first-order valence-electron chi connectivity index (χ1n) is 8.46. The lowest BCUT2D eigenvalue weighted by atomic mass is 10.1. The monoisotopic (exact) mass is 415 g/mol. The number of amides is 3. The average Bonchev–Trinajstić information content (AvgIpc) is 3.39. The third-order valence-corrected chi connectivity index (χ3v) is 5.19. The third kappa shape index (κ3) is 7.56. The maximum atomic E-state index is 12.4. The van der Waals surface area contributed by atoms with Gasteiger partial charge in [0.25, 0.3) is 5.91 Å². The van der Waals surface area contributed by atoms with Crippen LogP contribution in [0.2, 0.25) is 5.02 Å². The number of carbonyl (C=O) groups excluding carboxylic acids is 3. The summed E-state index contributed by atoms with van der Waals surface area (Å²) in [5.41, 5.74) is 0.169. The minimum Gasteiger partial charge on any atom is -0.352 e. The summed E-state index contributed by atoms with van der Waals surface area (Å²) in [5, 5.41) is 7.86. The van der Waals surface area contributed by atoms with Gasteiger partial charge >= 0.3 is 0 Å². The topological polar surface area (TPSA) is 121 Å². The van der Waals surface area contributed by atoms with E-state index in [2.05, 4.69) is 16.0 Å². The van der Waals surface area contributed by atoms with E-state index in [1.54, 1.807) is 12.1 Å². The van der Waals surface area contributed by atoms with Crippen LogP contribution < -0.4 is 16.0 Å². The fraction of sp³-hybridized carbons (Fsp3) is 0.471. The summed E-state index contributed by atoms with van der Waals surface area (Å²) < 4.78 is 22.9. The molecule has 1 aromatic rings. The molecule has 1 atom stereocenters. The first kappa shape index (κ1) is 21.2. The van der Waals surface area contributed by atoms with Crippen molar-refractivity contribution in [2.24, 2.45) is 0 Å². The van der Waals surface area contributed by atoms with Gasteiger partial charge in [-0.15, -0.1) is 0 Å². The Labute approximate surface area is 163 Å². The molecular weight excluding hydrogens is 394 g/mol. The first-order chi connectivity index (χ1) is 12.7. The molecule has 0 spiro atoms. The second-order valence-electron chi connectivity index (χ2n) is 6.48. The minimum atomic E-state index is -3.34. The molecule has 1 fully saturated rings. The van der Waals surface area contributed by atoms with Crippen LogP contribution >= 0.6 is 11.6 Å². The molecule has 1 aromatic carbocycles. The lowest BCUT2D eigenvalue weighted by Gasteiger charge is -2.18. The van der Waals surface area contributed by atoms with E-state index in [9.17, 15) is 22.8 Å². The second-order valence-corrected chi connectivity index (χ2v) is 9.15. The van der Waals surface area contributed by atoms with E-state index >= 15 is 0 Å². The summed E-state index contributed by atoms with van der Waals surface area (Å²) in [5.74, 6) is -1.85. The van der Waals surface area contributed by atoms with E-state index in [-0.39, 0.29) is 41.3 Å². The smallest absolute Gasteiger partial charge is 0.253 e. The normalized spacial score (nSPS) is 14.9. The third-order valence-electron chi connectivity index (χ3n) is 3.88. The Morgan fingerprint density at radius 1 is 1.22 bits per heavy atom. The van der Waals surface area contributed by atoms with Crippen LogP contribution in [0, 0.1) is 0 Å². The molecule has 3 amide bonds. The number of hydrogen-bond acceptors (Lipinski definition) is 5. The fourth-order valence-electron chi connectivity index (χ4n) is 2.28. The molecule has 0 saturated heterocycles. The number of rotatable bonds is 9. The van der Waals surface area contributed by atoms with Crippen molar-refractivity contribution in [3.05, 3.63) is 34.9 Å². The summed E-state index contributed by atoms with van der Waals surface area (Å²) in [6.45, 7) is -0.243. The molecular formula is C17H22ClN3O5S. The SMILES string of the molecule is CS(=O)(=O)CC[C@@H](NC(=O)c1ccccc1Cl)C(=O)NCC(=O)NC1CC1. The van der Waals surface area contributed by atoms with E-state index in [0.29, 0.717) is 0 Å². The van der Waals surface area contributed by atoms with Gasteiger partial charge < -0.3 is 16.0 Å². The highest BCUT2D eigenvalue weighted by Crippen LogP contribution is 2.18. The van der Waals surface area contributed by atoms with Gasteiger partial charge in [-0.3, -0.25) is 14.4 Å². The Kier molecular flexibility index (Phi) is 7.20. The van der Waals surface area contributed by atoms with E-state index in [1.165, 1.54) is 12.1 Å². The second kappa shape index (κ2) is 9.18. The van der Waals surface area contributed by atoms with Crippen molar-refractivity contribution < 1.29 is 22.8 Å². The Balaban J connectivity index is 2.00. The molecule has 8 nitrogen and oxygen atoms in total. The van der Waals surface area contributed by atoms with Crippen LogP contribution in [0.15, 0.2) is 24.3 Å². The molecule has 0 bridgehead atoms. The predicted molar refractivity (Wildman–Crippen MR) is 101 cm³/mol. The van der Waals surface area contributed by atoms with Crippen LogP contribution in [-0.2, 0) is 19.4 Å². The van der Waals surface area contributed by atoms with Crippen molar-refractivity contribution >= 4 is 39.2 Å². The van der Waals surface area contributed by atoms with Gasteiger partial charge in [-0.2, -0.15) is 0 Å². The van der Waals surface area contributed by atoms with E-state index in [0.717, 1.165) is 19.1 Å². The molecule has 0 unspecified atom stereocenters. The van der Waals surface area contributed by atoms with Crippen LogP contribution in [0.25, 0.3) is 0 Å².